The maximum absolute atomic E-state index is 11.6. The number of H-pyrrole nitrogens is 1. The van der Waals surface area contributed by atoms with Crippen LogP contribution in [0.4, 0.5) is 5.69 Å². The van der Waals surface area contributed by atoms with E-state index in [0.29, 0.717) is 0 Å². The molecule has 0 bridgehead atoms. The summed E-state index contributed by atoms with van der Waals surface area (Å²) < 4.78 is 2.26. The van der Waals surface area contributed by atoms with Gasteiger partial charge in [-0.05, 0) is 34.4 Å². The normalized spacial score (nSPS) is 12.3. The Kier molecular flexibility index (Phi) is 4.96. The average Bonchev–Trinajstić information content (AvgIpc) is 3.44. The third-order valence-corrected chi connectivity index (χ3v) is 6.83. The standard InChI is InChI=1S/C30H23N3O2/c1-32-27-15-9-8-14-23(27)29(30(32)21-12-6-3-7-13-21)28(20-10-4-2-5-11-20)25-19-31-26-17-16-22(33(34)35)18-24(25)26/h2-19,28,31H,1H3. The van der Waals surface area contributed by atoms with Crippen molar-refractivity contribution in [2.45, 2.75) is 5.92 Å². The second-order valence-corrected chi connectivity index (χ2v) is 8.78. The monoisotopic (exact) mass is 457 g/mol. The van der Waals surface area contributed by atoms with Crippen molar-refractivity contribution in [3.05, 3.63) is 136 Å². The molecule has 6 rings (SSSR count). The lowest BCUT2D eigenvalue weighted by atomic mass is 9.82. The van der Waals surface area contributed by atoms with E-state index in [0.717, 1.165) is 38.8 Å². The van der Waals surface area contributed by atoms with Gasteiger partial charge in [0, 0.05) is 53.1 Å². The van der Waals surface area contributed by atoms with Gasteiger partial charge in [0.2, 0.25) is 0 Å². The van der Waals surface area contributed by atoms with Gasteiger partial charge in [0.15, 0.2) is 0 Å². The first-order chi connectivity index (χ1) is 17.1. The van der Waals surface area contributed by atoms with E-state index in [2.05, 4.69) is 77.3 Å². The number of hydrogen-bond acceptors (Lipinski definition) is 2. The van der Waals surface area contributed by atoms with Crippen molar-refractivity contribution >= 4 is 27.5 Å². The third-order valence-electron chi connectivity index (χ3n) is 6.83. The Morgan fingerprint density at radius 2 is 1.51 bits per heavy atom. The molecule has 0 amide bonds. The van der Waals surface area contributed by atoms with Crippen molar-refractivity contribution < 1.29 is 4.92 Å². The van der Waals surface area contributed by atoms with Crippen LogP contribution in [0.3, 0.4) is 0 Å². The Labute approximate surface area is 202 Å². The summed E-state index contributed by atoms with van der Waals surface area (Å²) in [4.78, 5) is 14.6. The highest BCUT2D eigenvalue weighted by Gasteiger charge is 2.28. The molecule has 170 valence electrons. The highest BCUT2D eigenvalue weighted by molar-refractivity contribution is 5.95. The molecule has 0 radical (unpaired) electrons. The quantitative estimate of drug-likeness (QED) is 0.216. The van der Waals surface area contributed by atoms with Crippen LogP contribution in [0.5, 0.6) is 0 Å². The zero-order valence-electron chi connectivity index (χ0n) is 19.2. The molecule has 0 aliphatic rings. The van der Waals surface area contributed by atoms with Crippen LogP contribution >= 0.6 is 0 Å². The molecule has 2 heterocycles. The number of nitrogens with zero attached hydrogens (tertiary/aromatic N) is 2. The van der Waals surface area contributed by atoms with Gasteiger partial charge in [-0.1, -0.05) is 78.9 Å². The Morgan fingerprint density at radius 3 is 2.26 bits per heavy atom. The van der Waals surface area contributed by atoms with Crippen LogP contribution in [-0.2, 0) is 7.05 Å². The third kappa shape index (κ3) is 3.40. The second-order valence-electron chi connectivity index (χ2n) is 8.78. The van der Waals surface area contributed by atoms with E-state index < -0.39 is 0 Å². The predicted molar refractivity (Wildman–Crippen MR) is 141 cm³/mol. The average molecular weight is 458 g/mol. The molecule has 2 aromatic heterocycles. The van der Waals surface area contributed by atoms with Crippen molar-refractivity contribution in [1.82, 2.24) is 9.55 Å². The molecular formula is C30H23N3O2. The van der Waals surface area contributed by atoms with Crippen LogP contribution in [-0.4, -0.2) is 14.5 Å². The number of nitro groups is 1. The number of hydrogen-bond donors (Lipinski definition) is 1. The molecule has 0 aliphatic heterocycles. The molecule has 0 spiro atoms. The largest absolute Gasteiger partial charge is 0.361 e. The molecule has 4 aromatic carbocycles. The maximum atomic E-state index is 11.6. The van der Waals surface area contributed by atoms with Gasteiger partial charge in [-0.2, -0.15) is 0 Å². The highest BCUT2D eigenvalue weighted by atomic mass is 16.6. The van der Waals surface area contributed by atoms with Crippen LogP contribution in [0.1, 0.15) is 22.6 Å². The zero-order valence-corrected chi connectivity index (χ0v) is 19.2. The lowest BCUT2D eigenvalue weighted by Crippen LogP contribution is -2.05. The zero-order chi connectivity index (χ0) is 23.9. The summed E-state index contributed by atoms with van der Waals surface area (Å²) in [5.74, 6) is -0.131. The number of non-ortho nitro benzene ring substituents is 1. The van der Waals surface area contributed by atoms with Crippen LogP contribution in [0.2, 0.25) is 0 Å². The van der Waals surface area contributed by atoms with E-state index in [1.165, 1.54) is 10.9 Å². The number of aryl methyl sites for hydroxylation is 1. The van der Waals surface area contributed by atoms with E-state index in [1.54, 1.807) is 18.2 Å². The SMILES string of the molecule is Cn1c(-c2ccccc2)c(C(c2ccccc2)c2c[nH]c3ccc([N+](=O)[O-])cc23)c2ccccc21. The Balaban J connectivity index is 1.73. The molecule has 5 nitrogen and oxygen atoms in total. The van der Waals surface area contributed by atoms with Gasteiger partial charge in [0.05, 0.1) is 10.6 Å². The van der Waals surface area contributed by atoms with Crippen LogP contribution in [0.15, 0.2) is 109 Å². The van der Waals surface area contributed by atoms with Gasteiger partial charge in [-0.3, -0.25) is 10.1 Å². The molecule has 6 aromatic rings. The minimum atomic E-state index is -0.332. The number of aromatic nitrogens is 2. The first kappa shape index (κ1) is 20.9. The molecule has 1 unspecified atom stereocenters. The number of nitrogens with one attached hydrogen (secondary N) is 1. The fraction of sp³-hybridized carbons (Fsp3) is 0.0667. The fourth-order valence-corrected chi connectivity index (χ4v) is 5.29. The summed E-state index contributed by atoms with van der Waals surface area (Å²) in [5.41, 5.74) is 7.73. The van der Waals surface area contributed by atoms with E-state index in [-0.39, 0.29) is 16.5 Å². The molecule has 1 N–H and O–H groups in total. The topological polar surface area (TPSA) is 63.9 Å². The van der Waals surface area contributed by atoms with Crippen molar-refractivity contribution in [3.8, 4) is 11.3 Å². The van der Waals surface area contributed by atoms with Gasteiger partial charge < -0.3 is 9.55 Å². The van der Waals surface area contributed by atoms with Gasteiger partial charge in [-0.25, -0.2) is 0 Å². The Bertz CT molecular complexity index is 1680. The molecule has 0 aliphatic carbocycles. The van der Waals surface area contributed by atoms with E-state index >= 15 is 0 Å². The highest BCUT2D eigenvalue weighted by Crippen LogP contribution is 2.45. The first-order valence-corrected chi connectivity index (χ1v) is 11.6. The Morgan fingerprint density at radius 1 is 0.829 bits per heavy atom. The number of para-hydroxylation sites is 1. The Hall–Kier alpha value is -4.64. The molecule has 0 saturated carbocycles. The van der Waals surface area contributed by atoms with Crippen molar-refractivity contribution in [2.75, 3.05) is 0 Å². The van der Waals surface area contributed by atoms with Crippen molar-refractivity contribution in [3.63, 3.8) is 0 Å². The lowest BCUT2D eigenvalue weighted by Gasteiger charge is -2.20. The molecular weight excluding hydrogens is 434 g/mol. The number of aromatic amines is 1. The van der Waals surface area contributed by atoms with Gasteiger partial charge in [0.1, 0.15) is 0 Å². The van der Waals surface area contributed by atoms with Gasteiger partial charge >= 0.3 is 0 Å². The maximum Gasteiger partial charge on any atom is 0.270 e. The minimum Gasteiger partial charge on any atom is -0.361 e. The van der Waals surface area contributed by atoms with Crippen LogP contribution < -0.4 is 0 Å². The van der Waals surface area contributed by atoms with Crippen LogP contribution in [0, 0.1) is 10.1 Å². The summed E-state index contributed by atoms with van der Waals surface area (Å²) in [6.45, 7) is 0. The minimum absolute atomic E-state index is 0.0892. The van der Waals surface area contributed by atoms with Gasteiger partial charge in [-0.15, -0.1) is 0 Å². The molecule has 1 atom stereocenters. The lowest BCUT2D eigenvalue weighted by molar-refractivity contribution is -0.384. The summed E-state index contributed by atoms with van der Waals surface area (Å²) >= 11 is 0. The van der Waals surface area contributed by atoms with Crippen molar-refractivity contribution in [1.29, 1.82) is 0 Å². The first-order valence-electron chi connectivity index (χ1n) is 11.6. The molecule has 0 fully saturated rings. The summed E-state index contributed by atoms with van der Waals surface area (Å²) in [7, 11) is 2.11. The number of fused-ring (bicyclic) bond motifs is 2. The summed E-state index contributed by atoms with van der Waals surface area (Å²) in [6.07, 6.45) is 2.00. The smallest absolute Gasteiger partial charge is 0.270 e. The van der Waals surface area contributed by atoms with Gasteiger partial charge in [0.25, 0.3) is 5.69 Å². The van der Waals surface area contributed by atoms with Crippen LogP contribution in [0.25, 0.3) is 33.1 Å². The molecule has 0 saturated heterocycles. The number of rotatable bonds is 5. The summed E-state index contributed by atoms with van der Waals surface area (Å²) in [5, 5.41) is 13.6. The molecule has 35 heavy (non-hydrogen) atoms. The number of nitro benzene ring substituents is 1. The predicted octanol–water partition coefficient (Wildman–Crippen LogP) is 7.42. The van der Waals surface area contributed by atoms with Crippen molar-refractivity contribution in [2.24, 2.45) is 7.05 Å². The molecule has 5 heteroatoms. The second kappa shape index (κ2) is 8.29. The van der Waals surface area contributed by atoms with E-state index in [1.807, 2.05) is 30.5 Å². The van der Waals surface area contributed by atoms with E-state index in [4.69, 9.17) is 0 Å². The number of benzene rings is 4. The van der Waals surface area contributed by atoms with E-state index in [9.17, 15) is 10.1 Å². The fourth-order valence-electron chi connectivity index (χ4n) is 5.29. The summed E-state index contributed by atoms with van der Waals surface area (Å²) in [6, 6.07) is 34.3.